The predicted octanol–water partition coefficient (Wildman–Crippen LogP) is 2.93. The third-order valence-electron chi connectivity index (χ3n) is 7.01. The summed E-state index contributed by atoms with van der Waals surface area (Å²) < 4.78 is 9.03. The fourth-order valence-corrected chi connectivity index (χ4v) is 5.01. The Morgan fingerprint density at radius 1 is 1.11 bits per heavy atom. The minimum atomic E-state index is -0.0823. The van der Waals surface area contributed by atoms with Gasteiger partial charge in [0, 0.05) is 58.9 Å². The van der Waals surface area contributed by atoms with E-state index in [-0.39, 0.29) is 23.8 Å². The number of methoxy groups -OCH3 is 1. The van der Waals surface area contributed by atoms with E-state index in [4.69, 9.17) is 4.74 Å². The Bertz CT molecular complexity index is 1160. The monoisotopic (exact) mass is 477 g/mol. The van der Waals surface area contributed by atoms with Gasteiger partial charge in [-0.15, -0.1) is 0 Å². The molecule has 2 amide bonds. The van der Waals surface area contributed by atoms with Crippen LogP contribution in [0.15, 0.2) is 55.0 Å². The summed E-state index contributed by atoms with van der Waals surface area (Å²) >= 11 is 0. The van der Waals surface area contributed by atoms with Crippen LogP contribution in [-0.2, 0) is 31.7 Å². The highest BCUT2D eigenvalue weighted by Gasteiger charge is 2.33. The van der Waals surface area contributed by atoms with Crippen LogP contribution in [0.4, 0.5) is 0 Å². The van der Waals surface area contributed by atoms with Gasteiger partial charge in [0.15, 0.2) is 0 Å². The van der Waals surface area contributed by atoms with Crippen LogP contribution in [0, 0.1) is 5.92 Å². The zero-order chi connectivity index (χ0) is 24.9. The number of likely N-dealkylation sites (N-methyl/N-ethyl adjacent to an activating group) is 1. The molecular formula is C27H35N5O3. The molecule has 1 unspecified atom stereocenters. The van der Waals surface area contributed by atoms with Gasteiger partial charge >= 0.3 is 0 Å². The molecule has 186 valence electrons. The number of amides is 2. The number of carbonyl (C=O) groups is 2. The number of likely N-dealkylation sites (tertiary alicyclic amines) is 1. The van der Waals surface area contributed by atoms with E-state index in [1.165, 1.54) is 0 Å². The second kappa shape index (κ2) is 10.8. The van der Waals surface area contributed by atoms with Gasteiger partial charge in [0.25, 0.3) is 5.91 Å². The zero-order valence-electron chi connectivity index (χ0n) is 21.1. The van der Waals surface area contributed by atoms with Gasteiger partial charge in [0.05, 0.1) is 13.5 Å². The summed E-state index contributed by atoms with van der Waals surface area (Å²) in [6.07, 6.45) is 8.60. The molecule has 0 saturated carbocycles. The van der Waals surface area contributed by atoms with Gasteiger partial charge in [-0.1, -0.05) is 12.1 Å². The minimum Gasteiger partial charge on any atom is -0.497 e. The van der Waals surface area contributed by atoms with E-state index in [0.29, 0.717) is 25.2 Å². The molecule has 8 nitrogen and oxygen atoms in total. The number of piperidine rings is 1. The molecule has 35 heavy (non-hydrogen) atoms. The van der Waals surface area contributed by atoms with Crippen LogP contribution in [0.2, 0.25) is 0 Å². The molecule has 1 fully saturated rings. The van der Waals surface area contributed by atoms with Crippen molar-refractivity contribution < 1.29 is 14.3 Å². The number of benzene rings is 1. The van der Waals surface area contributed by atoms with E-state index in [2.05, 4.69) is 11.2 Å². The first-order valence-electron chi connectivity index (χ1n) is 12.1. The van der Waals surface area contributed by atoms with Crippen molar-refractivity contribution in [3.63, 3.8) is 0 Å². The Morgan fingerprint density at radius 3 is 2.51 bits per heavy atom. The number of hydrogen-bond donors (Lipinski definition) is 0. The zero-order valence-corrected chi connectivity index (χ0v) is 21.1. The summed E-state index contributed by atoms with van der Waals surface area (Å²) in [7, 11) is 7.31. The standard InChI is InChI=1S/C27H35N5O3/c1-29-12-8-21(19-29)18-26(33)32-14-9-22(10-15-32)25(17-20-6-5-7-23(16-20)35-4)31(3)27(34)24-11-13-30(2)28-24/h5-8,11-13,16,19,22,25H,9-10,14-15,17-18H2,1-4H3. The number of ether oxygens (including phenoxy) is 1. The molecular weight excluding hydrogens is 442 g/mol. The fraction of sp³-hybridized carbons (Fsp3) is 0.444. The van der Waals surface area contributed by atoms with Crippen LogP contribution in [0.3, 0.4) is 0 Å². The summed E-state index contributed by atoms with van der Waals surface area (Å²) in [6.45, 7) is 1.41. The predicted molar refractivity (Wildman–Crippen MR) is 134 cm³/mol. The lowest BCUT2D eigenvalue weighted by molar-refractivity contribution is -0.132. The highest BCUT2D eigenvalue weighted by Crippen LogP contribution is 2.28. The van der Waals surface area contributed by atoms with Crippen LogP contribution in [-0.4, -0.2) is 69.3 Å². The normalized spacial score (nSPS) is 15.1. The van der Waals surface area contributed by atoms with Crippen molar-refractivity contribution in [2.45, 2.75) is 31.7 Å². The van der Waals surface area contributed by atoms with E-state index in [0.717, 1.165) is 36.1 Å². The highest BCUT2D eigenvalue weighted by molar-refractivity contribution is 5.92. The summed E-state index contributed by atoms with van der Waals surface area (Å²) in [4.78, 5) is 30.0. The van der Waals surface area contributed by atoms with Crippen molar-refractivity contribution in [3.05, 3.63) is 71.8 Å². The highest BCUT2D eigenvalue weighted by atomic mass is 16.5. The van der Waals surface area contributed by atoms with Crippen LogP contribution in [0.5, 0.6) is 5.75 Å². The van der Waals surface area contributed by atoms with E-state index < -0.39 is 0 Å². The summed E-state index contributed by atoms with van der Waals surface area (Å²) in [5, 5.41) is 4.32. The number of aromatic nitrogens is 3. The van der Waals surface area contributed by atoms with E-state index in [9.17, 15) is 9.59 Å². The lowest BCUT2D eigenvalue weighted by atomic mass is 9.84. The first-order valence-corrected chi connectivity index (χ1v) is 12.1. The number of carbonyl (C=O) groups excluding carboxylic acids is 2. The molecule has 3 heterocycles. The molecule has 2 aromatic heterocycles. The maximum Gasteiger partial charge on any atom is 0.274 e. The van der Waals surface area contributed by atoms with Crippen molar-refractivity contribution >= 4 is 11.8 Å². The third kappa shape index (κ3) is 5.93. The van der Waals surface area contributed by atoms with Crippen LogP contribution in [0.1, 0.15) is 34.5 Å². The average Bonchev–Trinajstić information content (AvgIpc) is 3.49. The Labute approximate surface area is 207 Å². The Morgan fingerprint density at radius 2 is 1.89 bits per heavy atom. The first kappa shape index (κ1) is 24.6. The van der Waals surface area contributed by atoms with Gasteiger partial charge in [-0.25, -0.2) is 0 Å². The Hall–Kier alpha value is -3.55. The van der Waals surface area contributed by atoms with Crippen molar-refractivity contribution in [1.29, 1.82) is 0 Å². The molecule has 8 heteroatoms. The number of hydrogen-bond acceptors (Lipinski definition) is 4. The van der Waals surface area contributed by atoms with Gasteiger partial charge in [0.1, 0.15) is 11.4 Å². The van der Waals surface area contributed by atoms with Gasteiger partial charge in [-0.2, -0.15) is 5.10 Å². The maximum atomic E-state index is 13.3. The van der Waals surface area contributed by atoms with Gasteiger partial charge in [0.2, 0.25) is 5.91 Å². The van der Waals surface area contributed by atoms with Crippen LogP contribution >= 0.6 is 0 Å². The third-order valence-corrected chi connectivity index (χ3v) is 7.01. The van der Waals surface area contributed by atoms with Crippen molar-refractivity contribution in [1.82, 2.24) is 24.1 Å². The average molecular weight is 478 g/mol. The topological polar surface area (TPSA) is 72.6 Å². The van der Waals surface area contributed by atoms with E-state index in [1.807, 2.05) is 72.2 Å². The summed E-state index contributed by atoms with van der Waals surface area (Å²) in [6, 6.07) is 11.8. The molecule has 0 bridgehead atoms. The molecule has 0 radical (unpaired) electrons. The molecule has 1 atom stereocenters. The minimum absolute atomic E-state index is 0.0111. The second-order valence-corrected chi connectivity index (χ2v) is 9.49. The van der Waals surface area contributed by atoms with Crippen LogP contribution in [0.25, 0.3) is 0 Å². The first-order chi connectivity index (χ1) is 16.8. The molecule has 0 N–H and O–H groups in total. The summed E-state index contributed by atoms with van der Waals surface area (Å²) in [5.74, 6) is 1.17. The Kier molecular flexibility index (Phi) is 7.58. The number of rotatable bonds is 8. The lowest BCUT2D eigenvalue weighted by Crippen LogP contribution is -2.48. The smallest absolute Gasteiger partial charge is 0.274 e. The molecule has 3 aromatic rings. The maximum absolute atomic E-state index is 13.3. The second-order valence-electron chi connectivity index (χ2n) is 9.49. The van der Waals surface area contributed by atoms with Crippen molar-refractivity contribution in [2.75, 3.05) is 27.2 Å². The molecule has 0 aliphatic carbocycles. The number of nitrogens with zero attached hydrogens (tertiary/aromatic N) is 5. The molecule has 1 aliphatic heterocycles. The van der Waals surface area contributed by atoms with E-state index >= 15 is 0 Å². The van der Waals surface area contributed by atoms with Gasteiger partial charge in [-0.05, 0) is 60.6 Å². The quantitative estimate of drug-likeness (QED) is 0.500. The molecule has 0 spiro atoms. The molecule has 1 aliphatic rings. The Balaban J connectivity index is 1.47. The van der Waals surface area contributed by atoms with Crippen LogP contribution < -0.4 is 4.74 Å². The lowest BCUT2D eigenvalue weighted by Gasteiger charge is -2.40. The molecule has 1 saturated heterocycles. The molecule has 4 rings (SSSR count). The van der Waals surface area contributed by atoms with Crippen molar-refractivity contribution in [2.24, 2.45) is 20.0 Å². The van der Waals surface area contributed by atoms with Gasteiger partial charge < -0.3 is 19.1 Å². The molecule has 1 aromatic carbocycles. The number of aryl methyl sites for hydroxylation is 2. The summed E-state index contributed by atoms with van der Waals surface area (Å²) in [5.41, 5.74) is 2.61. The van der Waals surface area contributed by atoms with Gasteiger partial charge in [-0.3, -0.25) is 14.3 Å². The largest absolute Gasteiger partial charge is 0.497 e. The van der Waals surface area contributed by atoms with E-state index in [1.54, 1.807) is 24.1 Å². The fourth-order valence-electron chi connectivity index (χ4n) is 5.01. The van der Waals surface area contributed by atoms with Crippen molar-refractivity contribution in [3.8, 4) is 5.75 Å². The SMILES string of the molecule is COc1cccc(CC(C2CCN(C(=O)Cc3ccn(C)c3)CC2)N(C)C(=O)c2ccn(C)n2)c1.